The van der Waals surface area contributed by atoms with Crippen LogP contribution in [0.1, 0.15) is 32.7 Å². The van der Waals surface area contributed by atoms with Crippen molar-refractivity contribution in [3.63, 3.8) is 0 Å². The number of carbonyl (C=O) groups excluding carboxylic acids is 3. The van der Waals surface area contributed by atoms with Gasteiger partial charge in [0.15, 0.2) is 0 Å². The van der Waals surface area contributed by atoms with Crippen LogP contribution in [0.5, 0.6) is 0 Å². The number of nitrogens with one attached hydrogen (secondary N) is 1. The van der Waals surface area contributed by atoms with Crippen molar-refractivity contribution in [2.75, 3.05) is 0 Å². The van der Waals surface area contributed by atoms with Gasteiger partial charge < -0.3 is 10.4 Å². The standard InChI is InChI=1S/C13H12N2O4/c1-6-2-3-7-8(4-6)13(19)15(12(7)18)9-5-10(16)14-11(9)17/h2-4,9,11,17H,5H2,1H3,(H,14,16). The second-order valence-corrected chi connectivity index (χ2v) is 4.81. The van der Waals surface area contributed by atoms with Crippen molar-refractivity contribution in [3.8, 4) is 0 Å². The van der Waals surface area contributed by atoms with Crippen molar-refractivity contribution < 1.29 is 19.5 Å². The summed E-state index contributed by atoms with van der Waals surface area (Å²) < 4.78 is 0. The van der Waals surface area contributed by atoms with Crippen LogP contribution in [0, 0.1) is 6.92 Å². The van der Waals surface area contributed by atoms with E-state index in [0.29, 0.717) is 11.1 Å². The van der Waals surface area contributed by atoms with Gasteiger partial charge in [-0.05, 0) is 19.1 Å². The molecule has 0 aromatic heterocycles. The zero-order valence-electron chi connectivity index (χ0n) is 10.2. The van der Waals surface area contributed by atoms with Crippen molar-refractivity contribution in [1.29, 1.82) is 0 Å². The first-order chi connectivity index (χ1) is 8.99. The topological polar surface area (TPSA) is 86.7 Å². The molecule has 1 fully saturated rings. The Morgan fingerprint density at radius 2 is 1.89 bits per heavy atom. The lowest BCUT2D eigenvalue weighted by Crippen LogP contribution is -2.46. The van der Waals surface area contributed by atoms with Crippen LogP contribution in [0.2, 0.25) is 0 Å². The number of aliphatic hydroxyl groups excluding tert-OH is 1. The average Bonchev–Trinajstić information content (AvgIpc) is 2.78. The Bertz CT molecular complexity index is 611. The number of aliphatic hydroxyl groups is 1. The smallest absolute Gasteiger partial charge is 0.261 e. The van der Waals surface area contributed by atoms with Crippen molar-refractivity contribution in [3.05, 3.63) is 34.9 Å². The highest BCUT2D eigenvalue weighted by atomic mass is 16.3. The Hall–Kier alpha value is -2.21. The number of aryl methyl sites for hydroxylation is 1. The van der Waals surface area contributed by atoms with Gasteiger partial charge in [0.2, 0.25) is 5.91 Å². The number of hydrogen-bond donors (Lipinski definition) is 2. The van der Waals surface area contributed by atoms with Crippen molar-refractivity contribution >= 4 is 17.7 Å². The van der Waals surface area contributed by atoms with E-state index in [9.17, 15) is 19.5 Å². The molecule has 1 saturated heterocycles. The number of imide groups is 1. The first-order valence-corrected chi connectivity index (χ1v) is 5.95. The fourth-order valence-corrected chi connectivity index (χ4v) is 2.53. The summed E-state index contributed by atoms with van der Waals surface area (Å²) in [5.41, 5.74) is 1.53. The zero-order valence-corrected chi connectivity index (χ0v) is 10.2. The van der Waals surface area contributed by atoms with Crippen molar-refractivity contribution in [2.24, 2.45) is 0 Å². The predicted octanol–water partition coefficient (Wildman–Crippen LogP) is -0.202. The van der Waals surface area contributed by atoms with E-state index >= 15 is 0 Å². The lowest BCUT2D eigenvalue weighted by molar-refractivity contribution is -0.120. The summed E-state index contributed by atoms with van der Waals surface area (Å²) in [6.45, 7) is 1.83. The second kappa shape index (κ2) is 3.89. The van der Waals surface area contributed by atoms with Crippen molar-refractivity contribution in [2.45, 2.75) is 25.6 Å². The summed E-state index contributed by atoms with van der Waals surface area (Å²) in [5, 5.41) is 12.0. The van der Waals surface area contributed by atoms with E-state index in [2.05, 4.69) is 5.32 Å². The molecule has 0 bridgehead atoms. The highest BCUT2D eigenvalue weighted by Gasteiger charge is 2.46. The predicted molar refractivity (Wildman–Crippen MR) is 64.2 cm³/mol. The van der Waals surface area contributed by atoms with Gasteiger partial charge in [0.1, 0.15) is 6.23 Å². The molecule has 6 nitrogen and oxygen atoms in total. The number of nitrogens with zero attached hydrogens (tertiary/aromatic N) is 1. The second-order valence-electron chi connectivity index (χ2n) is 4.81. The summed E-state index contributed by atoms with van der Waals surface area (Å²) in [4.78, 5) is 36.7. The maximum Gasteiger partial charge on any atom is 0.261 e. The van der Waals surface area contributed by atoms with Crippen LogP contribution in [-0.4, -0.2) is 40.0 Å². The maximum absolute atomic E-state index is 12.3. The van der Waals surface area contributed by atoms with E-state index in [-0.39, 0.29) is 12.3 Å². The fourth-order valence-electron chi connectivity index (χ4n) is 2.53. The Labute approximate surface area is 109 Å². The quantitative estimate of drug-likeness (QED) is 0.684. The molecule has 2 aliphatic heterocycles. The number of fused-ring (bicyclic) bond motifs is 1. The molecule has 3 amide bonds. The number of hydrogen-bond acceptors (Lipinski definition) is 4. The number of rotatable bonds is 1. The van der Waals surface area contributed by atoms with Crippen LogP contribution in [0.4, 0.5) is 0 Å². The van der Waals surface area contributed by atoms with E-state index in [1.807, 2.05) is 6.92 Å². The van der Waals surface area contributed by atoms with Gasteiger partial charge in [0, 0.05) is 0 Å². The summed E-state index contributed by atoms with van der Waals surface area (Å²) >= 11 is 0. The molecular formula is C13H12N2O4. The molecule has 0 radical (unpaired) electrons. The third kappa shape index (κ3) is 1.64. The van der Waals surface area contributed by atoms with Gasteiger partial charge >= 0.3 is 0 Å². The summed E-state index contributed by atoms with van der Waals surface area (Å²) in [6.07, 6.45) is -1.26. The van der Waals surface area contributed by atoms with Gasteiger partial charge in [-0.2, -0.15) is 0 Å². The Morgan fingerprint density at radius 3 is 2.53 bits per heavy atom. The number of benzene rings is 1. The molecule has 0 saturated carbocycles. The molecule has 2 atom stereocenters. The van der Waals surface area contributed by atoms with Gasteiger partial charge in [0.05, 0.1) is 23.6 Å². The van der Waals surface area contributed by atoms with Crippen molar-refractivity contribution in [1.82, 2.24) is 10.2 Å². The van der Waals surface area contributed by atoms with Gasteiger partial charge in [-0.3, -0.25) is 19.3 Å². The molecule has 19 heavy (non-hydrogen) atoms. The molecule has 0 spiro atoms. The van der Waals surface area contributed by atoms with Crippen LogP contribution in [-0.2, 0) is 4.79 Å². The molecule has 2 aliphatic rings. The van der Waals surface area contributed by atoms with Gasteiger partial charge in [0.25, 0.3) is 11.8 Å². The number of amides is 3. The SMILES string of the molecule is Cc1ccc2c(c1)C(=O)N(C1CC(=O)NC1O)C2=O. The molecule has 2 heterocycles. The summed E-state index contributed by atoms with van der Waals surface area (Å²) in [6, 6.07) is 4.16. The van der Waals surface area contributed by atoms with Crippen LogP contribution in [0.25, 0.3) is 0 Å². The lowest BCUT2D eigenvalue weighted by atomic mass is 10.1. The minimum absolute atomic E-state index is 0.0639. The van der Waals surface area contributed by atoms with E-state index in [1.165, 1.54) is 0 Å². The summed E-state index contributed by atoms with van der Waals surface area (Å²) in [5.74, 6) is -1.28. The Balaban J connectivity index is 2.01. The Morgan fingerprint density at radius 1 is 1.21 bits per heavy atom. The molecule has 3 rings (SSSR count). The first kappa shape index (κ1) is 11.9. The molecule has 1 aromatic carbocycles. The molecule has 6 heteroatoms. The van der Waals surface area contributed by atoms with Gasteiger partial charge in [-0.15, -0.1) is 0 Å². The van der Waals surface area contributed by atoms with Crippen LogP contribution < -0.4 is 5.32 Å². The highest BCUT2D eigenvalue weighted by Crippen LogP contribution is 2.28. The third-order valence-corrected chi connectivity index (χ3v) is 3.47. The first-order valence-electron chi connectivity index (χ1n) is 5.95. The monoisotopic (exact) mass is 260 g/mol. The van der Waals surface area contributed by atoms with Crippen LogP contribution in [0.15, 0.2) is 18.2 Å². The van der Waals surface area contributed by atoms with Gasteiger partial charge in [-0.1, -0.05) is 11.6 Å². The molecule has 2 unspecified atom stereocenters. The minimum atomic E-state index is -1.20. The Kier molecular flexibility index (Phi) is 2.43. The van der Waals surface area contributed by atoms with Crippen LogP contribution >= 0.6 is 0 Å². The molecule has 2 N–H and O–H groups in total. The maximum atomic E-state index is 12.3. The van der Waals surface area contributed by atoms with E-state index in [1.54, 1.807) is 18.2 Å². The van der Waals surface area contributed by atoms with E-state index in [4.69, 9.17) is 0 Å². The summed E-state index contributed by atoms with van der Waals surface area (Å²) in [7, 11) is 0. The molecular weight excluding hydrogens is 248 g/mol. The average molecular weight is 260 g/mol. The normalized spacial score (nSPS) is 25.8. The van der Waals surface area contributed by atoms with E-state index in [0.717, 1.165) is 10.5 Å². The zero-order chi connectivity index (χ0) is 13.7. The largest absolute Gasteiger partial charge is 0.371 e. The molecule has 98 valence electrons. The minimum Gasteiger partial charge on any atom is -0.371 e. The molecule has 0 aliphatic carbocycles. The van der Waals surface area contributed by atoms with Gasteiger partial charge in [-0.25, -0.2) is 0 Å². The third-order valence-electron chi connectivity index (χ3n) is 3.47. The fraction of sp³-hybridized carbons (Fsp3) is 0.308. The lowest BCUT2D eigenvalue weighted by Gasteiger charge is -2.23. The molecule has 1 aromatic rings. The number of carbonyl (C=O) groups is 3. The van der Waals surface area contributed by atoms with Crippen LogP contribution in [0.3, 0.4) is 0 Å². The highest BCUT2D eigenvalue weighted by molar-refractivity contribution is 6.21. The van der Waals surface area contributed by atoms with E-state index < -0.39 is 24.1 Å².